The van der Waals surface area contributed by atoms with Gasteiger partial charge in [-0.05, 0) is 38.5 Å². The van der Waals surface area contributed by atoms with Crippen molar-refractivity contribution in [3.8, 4) is 0 Å². The number of nitrogens with one attached hydrogen (secondary N) is 2. The summed E-state index contributed by atoms with van der Waals surface area (Å²) < 4.78 is 0. The number of hydrogen-bond acceptors (Lipinski definition) is 4. The second kappa shape index (κ2) is 7.51. The third-order valence-electron chi connectivity index (χ3n) is 3.58. The summed E-state index contributed by atoms with van der Waals surface area (Å²) in [7, 11) is 0. The van der Waals surface area contributed by atoms with Gasteiger partial charge in [-0.15, -0.1) is 11.3 Å². The van der Waals surface area contributed by atoms with Gasteiger partial charge in [0.05, 0.1) is 5.01 Å². The number of thiazole rings is 1. The minimum absolute atomic E-state index is 0.0353. The highest BCUT2D eigenvalue weighted by Crippen LogP contribution is 2.24. The maximum absolute atomic E-state index is 11.4. The van der Waals surface area contributed by atoms with Crippen LogP contribution in [-0.2, 0) is 4.79 Å². The molecular weight excluding hydrogens is 294 g/mol. The Morgan fingerprint density at radius 3 is 2.45 bits per heavy atom. The first kappa shape index (κ1) is 16.6. The number of aromatic nitrogens is 1. The fourth-order valence-corrected chi connectivity index (χ4v) is 3.03. The Bertz CT molecular complexity index is 621. The maximum Gasteiger partial charge on any atom is 0.224 e. The van der Waals surface area contributed by atoms with Crippen LogP contribution in [0.2, 0.25) is 0 Å². The van der Waals surface area contributed by atoms with Crippen molar-refractivity contribution in [2.75, 3.05) is 5.32 Å². The highest BCUT2D eigenvalue weighted by molar-refractivity contribution is 7.11. The molecule has 118 valence electrons. The van der Waals surface area contributed by atoms with Crippen molar-refractivity contribution in [1.29, 1.82) is 0 Å². The zero-order chi connectivity index (χ0) is 16.1. The van der Waals surface area contributed by atoms with Gasteiger partial charge in [0.25, 0.3) is 0 Å². The molecule has 1 aromatic carbocycles. The van der Waals surface area contributed by atoms with Gasteiger partial charge >= 0.3 is 0 Å². The molecule has 2 N–H and O–H groups in total. The van der Waals surface area contributed by atoms with Crippen molar-refractivity contribution in [3.05, 3.63) is 45.9 Å². The highest BCUT2D eigenvalue weighted by Gasteiger charge is 2.13. The van der Waals surface area contributed by atoms with Gasteiger partial charge in [0.2, 0.25) is 5.91 Å². The van der Waals surface area contributed by atoms with E-state index in [2.05, 4.69) is 29.5 Å². The summed E-state index contributed by atoms with van der Waals surface area (Å²) in [6.07, 6.45) is 2.43. The van der Waals surface area contributed by atoms with Crippen molar-refractivity contribution in [1.82, 2.24) is 10.3 Å². The maximum atomic E-state index is 11.4. The molecule has 4 nitrogen and oxygen atoms in total. The number of hydrogen-bond donors (Lipinski definition) is 2. The molecule has 0 unspecified atom stereocenters. The SMILES string of the molecule is CCC(=O)Nc1ccc([C@@H](C)N[C@H](C)c2cnc(C)s2)cc1. The van der Waals surface area contributed by atoms with E-state index in [0.29, 0.717) is 6.42 Å². The lowest BCUT2D eigenvalue weighted by Gasteiger charge is -2.19. The van der Waals surface area contributed by atoms with E-state index in [-0.39, 0.29) is 18.0 Å². The molecule has 0 spiro atoms. The largest absolute Gasteiger partial charge is 0.326 e. The molecule has 0 radical (unpaired) electrons. The number of rotatable bonds is 6. The zero-order valence-corrected chi connectivity index (χ0v) is 14.3. The van der Waals surface area contributed by atoms with Crippen LogP contribution >= 0.6 is 11.3 Å². The van der Waals surface area contributed by atoms with Crippen molar-refractivity contribution < 1.29 is 4.79 Å². The fraction of sp³-hybridized carbons (Fsp3) is 0.412. The first-order valence-corrected chi connectivity index (χ1v) is 8.39. The average molecular weight is 317 g/mol. The normalized spacial score (nSPS) is 13.6. The molecule has 5 heteroatoms. The number of anilines is 1. The molecule has 0 saturated heterocycles. The Labute approximate surface area is 136 Å². The van der Waals surface area contributed by atoms with Crippen molar-refractivity contribution in [3.63, 3.8) is 0 Å². The van der Waals surface area contributed by atoms with Crippen LogP contribution in [0.4, 0.5) is 5.69 Å². The second-order valence-corrected chi connectivity index (χ2v) is 6.68. The van der Waals surface area contributed by atoms with Crippen LogP contribution in [0.3, 0.4) is 0 Å². The number of nitrogens with zero attached hydrogens (tertiary/aromatic N) is 1. The lowest BCUT2D eigenvalue weighted by atomic mass is 10.1. The molecule has 0 fully saturated rings. The van der Waals surface area contributed by atoms with E-state index in [4.69, 9.17) is 0 Å². The van der Waals surface area contributed by atoms with Crippen molar-refractivity contribution >= 4 is 22.9 Å². The van der Waals surface area contributed by atoms with Crippen LogP contribution in [-0.4, -0.2) is 10.9 Å². The van der Waals surface area contributed by atoms with Gasteiger partial charge in [-0.2, -0.15) is 0 Å². The topological polar surface area (TPSA) is 54.0 Å². The number of benzene rings is 1. The van der Waals surface area contributed by atoms with E-state index >= 15 is 0 Å². The lowest BCUT2D eigenvalue weighted by Crippen LogP contribution is -2.21. The van der Waals surface area contributed by atoms with Crippen LogP contribution in [0.25, 0.3) is 0 Å². The molecule has 1 aromatic heterocycles. The average Bonchev–Trinajstić information content (AvgIpc) is 2.94. The van der Waals surface area contributed by atoms with E-state index in [1.807, 2.05) is 44.3 Å². The lowest BCUT2D eigenvalue weighted by molar-refractivity contribution is -0.115. The molecule has 2 atom stereocenters. The van der Waals surface area contributed by atoms with Gasteiger partial charge < -0.3 is 10.6 Å². The molecule has 0 bridgehead atoms. The summed E-state index contributed by atoms with van der Waals surface area (Å²) in [6, 6.07) is 8.49. The standard InChI is InChI=1S/C17H23N3OS/c1-5-17(21)20-15-8-6-14(7-9-15)11(2)19-12(3)16-10-18-13(4)22-16/h6-12,19H,5H2,1-4H3,(H,20,21)/t11-,12-/m1/s1. The summed E-state index contributed by atoms with van der Waals surface area (Å²) >= 11 is 1.72. The van der Waals surface area contributed by atoms with Crippen LogP contribution in [0, 0.1) is 6.92 Å². The molecule has 0 saturated carbocycles. The van der Waals surface area contributed by atoms with E-state index < -0.39 is 0 Å². The van der Waals surface area contributed by atoms with E-state index in [9.17, 15) is 4.79 Å². The molecule has 1 heterocycles. The summed E-state index contributed by atoms with van der Waals surface area (Å²) in [5, 5.41) is 7.53. The highest BCUT2D eigenvalue weighted by atomic mass is 32.1. The van der Waals surface area contributed by atoms with Crippen LogP contribution in [0.1, 0.15) is 54.7 Å². The third kappa shape index (κ3) is 4.39. The summed E-state index contributed by atoms with van der Waals surface area (Å²) in [6.45, 7) is 8.16. The van der Waals surface area contributed by atoms with E-state index in [1.165, 1.54) is 10.4 Å². The van der Waals surface area contributed by atoms with E-state index in [1.54, 1.807) is 11.3 Å². The second-order valence-electron chi connectivity index (χ2n) is 5.42. The Morgan fingerprint density at radius 2 is 1.91 bits per heavy atom. The number of carbonyl (C=O) groups is 1. The van der Waals surface area contributed by atoms with Gasteiger partial charge in [0, 0.05) is 35.3 Å². The van der Waals surface area contributed by atoms with Gasteiger partial charge in [-0.3, -0.25) is 4.79 Å². The molecular formula is C17H23N3OS. The molecule has 0 aliphatic heterocycles. The predicted octanol–water partition coefficient (Wildman–Crippen LogP) is 4.21. The third-order valence-corrected chi connectivity index (χ3v) is 4.68. The minimum Gasteiger partial charge on any atom is -0.326 e. The molecule has 0 aliphatic rings. The van der Waals surface area contributed by atoms with Crippen LogP contribution in [0.15, 0.2) is 30.5 Å². The van der Waals surface area contributed by atoms with Gasteiger partial charge in [-0.25, -0.2) is 4.98 Å². The first-order chi connectivity index (χ1) is 10.5. The van der Waals surface area contributed by atoms with Crippen molar-refractivity contribution in [2.24, 2.45) is 0 Å². The molecule has 1 amide bonds. The quantitative estimate of drug-likeness (QED) is 0.839. The summed E-state index contributed by atoms with van der Waals surface area (Å²) in [4.78, 5) is 16.9. The summed E-state index contributed by atoms with van der Waals surface area (Å²) in [5.74, 6) is 0.0353. The fourth-order valence-electron chi connectivity index (χ4n) is 2.24. The molecule has 2 rings (SSSR count). The van der Waals surface area contributed by atoms with Crippen LogP contribution < -0.4 is 10.6 Å². The van der Waals surface area contributed by atoms with Gasteiger partial charge in [0.15, 0.2) is 0 Å². The summed E-state index contributed by atoms with van der Waals surface area (Å²) in [5.41, 5.74) is 2.04. The number of carbonyl (C=O) groups excluding carboxylic acids is 1. The number of amides is 1. The zero-order valence-electron chi connectivity index (χ0n) is 13.5. The van der Waals surface area contributed by atoms with Gasteiger partial charge in [-0.1, -0.05) is 19.1 Å². The van der Waals surface area contributed by atoms with Crippen LogP contribution in [0.5, 0.6) is 0 Å². The Balaban J connectivity index is 1.97. The Hall–Kier alpha value is -1.72. The minimum atomic E-state index is 0.0353. The van der Waals surface area contributed by atoms with Crippen molar-refractivity contribution in [2.45, 2.75) is 46.2 Å². The Kier molecular flexibility index (Phi) is 5.69. The smallest absolute Gasteiger partial charge is 0.224 e. The first-order valence-electron chi connectivity index (χ1n) is 7.57. The van der Waals surface area contributed by atoms with Gasteiger partial charge in [0.1, 0.15) is 0 Å². The molecule has 0 aliphatic carbocycles. The monoisotopic (exact) mass is 317 g/mol. The Morgan fingerprint density at radius 1 is 1.23 bits per heavy atom. The molecule has 22 heavy (non-hydrogen) atoms. The predicted molar refractivity (Wildman–Crippen MR) is 92.2 cm³/mol. The molecule has 2 aromatic rings. The van der Waals surface area contributed by atoms with E-state index in [0.717, 1.165) is 10.7 Å². The number of aryl methyl sites for hydroxylation is 1.